The van der Waals surface area contributed by atoms with E-state index in [4.69, 9.17) is 25.8 Å². The number of nitrogens with zero attached hydrogens (tertiary/aromatic N) is 3. The number of carboxylic acid groups (broad SMARTS) is 1. The van der Waals surface area contributed by atoms with Crippen molar-refractivity contribution < 1.29 is 52.9 Å². The molecule has 2 aromatic carbocycles. The molecule has 5 amide bonds. The molecule has 2 atom stereocenters. The Kier molecular flexibility index (Phi) is 14.1. The molecule has 3 N–H and O–H groups in total. The second-order valence-electron chi connectivity index (χ2n) is 14.0. The first kappa shape index (κ1) is 42.6. The number of pyridine rings is 1. The summed E-state index contributed by atoms with van der Waals surface area (Å²) in [6.07, 6.45) is -3.58. The summed E-state index contributed by atoms with van der Waals surface area (Å²) in [6.45, 7) is 12.0. The van der Waals surface area contributed by atoms with E-state index in [1.807, 2.05) is 0 Å². The molecule has 0 bridgehead atoms. The Labute approximate surface area is 317 Å². The highest BCUT2D eigenvalue weighted by Crippen LogP contribution is 2.31. The van der Waals surface area contributed by atoms with Crippen molar-refractivity contribution in [3.63, 3.8) is 0 Å². The number of carbonyl (C=O) groups is 7. The number of aromatic nitrogens is 1. The van der Waals surface area contributed by atoms with Crippen molar-refractivity contribution >= 4 is 87.1 Å². The smallest absolute Gasteiger partial charge is 0.425 e. The maximum atomic E-state index is 14.0. The first-order valence-electron chi connectivity index (χ1n) is 16.7. The Hall–Kier alpha value is -5.77. The largest absolute Gasteiger partial charge is 0.481 e. The SMILES string of the molecule is CC(=O)Nc1ccc(N(CCCl)C(=O)[C@H](CC(=O)O)[C@@H](OC(C)=O)C(=O)Nc2ccc3c(N(C(=O)OC(C)(C)C)C(=O)OC(C)(C)C)nccc3c2)cc1. The molecule has 3 rings (SSSR count). The van der Waals surface area contributed by atoms with Crippen LogP contribution in [0.5, 0.6) is 0 Å². The van der Waals surface area contributed by atoms with Gasteiger partial charge in [-0.3, -0.25) is 24.0 Å². The molecule has 0 aliphatic rings. The van der Waals surface area contributed by atoms with Crippen LogP contribution in [0.15, 0.2) is 54.7 Å². The number of carbonyl (C=O) groups excluding carboxylic acids is 6. The molecule has 0 fully saturated rings. The molecule has 0 unspecified atom stereocenters. The fraction of sp³-hybridized carbons (Fsp3) is 0.405. The minimum atomic E-state index is -1.92. The van der Waals surface area contributed by atoms with E-state index < -0.39 is 65.6 Å². The molecule has 0 aliphatic heterocycles. The van der Waals surface area contributed by atoms with Gasteiger partial charge in [-0.2, -0.15) is 4.90 Å². The lowest BCUT2D eigenvalue weighted by molar-refractivity contribution is -0.160. The van der Waals surface area contributed by atoms with E-state index in [1.165, 1.54) is 55.6 Å². The zero-order valence-corrected chi connectivity index (χ0v) is 32.0. The zero-order chi connectivity index (χ0) is 40.5. The maximum Gasteiger partial charge on any atom is 0.425 e. The number of esters is 1. The number of imide groups is 1. The molecule has 0 radical (unpaired) electrons. The van der Waals surface area contributed by atoms with Gasteiger partial charge >= 0.3 is 24.1 Å². The van der Waals surface area contributed by atoms with Gasteiger partial charge in [0, 0.05) is 54.9 Å². The van der Waals surface area contributed by atoms with E-state index in [2.05, 4.69) is 15.6 Å². The minimum Gasteiger partial charge on any atom is -0.481 e. The van der Waals surface area contributed by atoms with Crippen molar-refractivity contribution in [2.24, 2.45) is 5.92 Å². The molecule has 17 heteroatoms. The van der Waals surface area contributed by atoms with Gasteiger partial charge in [0.25, 0.3) is 5.91 Å². The van der Waals surface area contributed by atoms with Crippen molar-refractivity contribution in [1.29, 1.82) is 0 Å². The summed E-state index contributed by atoms with van der Waals surface area (Å²) in [6, 6.07) is 11.9. The van der Waals surface area contributed by atoms with Crippen LogP contribution in [0.2, 0.25) is 0 Å². The summed E-state index contributed by atoms with van der Waals surface area (Å²) in [4.78, 5) is 96.3. The second kappa shape index (κ2) is 17.8. The summed E-state index contributed by atoms with van der Waals surface area (Å²) in [5.41, 5.74) is -1.12. The quantitative estimate of drug-likeness (QED) is 0.108. The van der Waals surface area contributed by atoms with Crippen LogP contribution in [0, 0.1) is 5.92 Å². The lowest BCUT2D eigenvalue weighted by Crippen LogP contribution is -2.48. The first-order valence-corrected chi connectivity index (χ1v) is 17.2. The number of anilines is 4. The predicted octanol–water partition coefficient (Wildman–Crippen LogP) is 6.10. The fourth-order valence-electron chi connectivity index (χ4n) is 5.08. The predicted molar refractivity (Wildman–Crippen MR) is 200 cm³/mol. The van der Waals surface area contributed by atoms with E-state index in [0.29, 0.717) is 16.0 Å². The van der Waals surface area contributed by atoms with Gasteiger partial charge in [0.05, 0.1) is 12.3 Å². The number of alkyl halides is 1. The fourth-order valence-corrected chi connectivity index (χ4v) is 5.25. The summed E-state index contributed by atoms with van der Waals surface area (Å²) in [5, 5.41) is 15.6. The van der Waals surface area contributed by atoms with E-state index in [1.54, 1.807) is 47.6 Å². The molecule has 1 heterocycles. The molecule has 0 saturated heterocycles. The standard InChI is InChI=1S/C37H44ClN5O11/c1-21(44)40-24-9-12-26(13-10-24)42(18-16-38)33(49)28(20-29(46)47)30(52-22(2)45)32(48)41-25-11-14-27-23(19-25)15-17-39-31(27)43(34(50)53-36(3,4)5)35(51)54-37(6,7)8/h9-15,17,19,28,30H,16,18,20H2,1-8H3,(H,40,44)(H,41,48)(H,46,47)/t28-,30-/m1/s1. The van der Waals surface area contributed by atoms with E-state index in [0.717, 1.165) is 11.8 Å². The van der Waals surface area contributed by atoms with Gasteiger partial charge in [-0.05, 0) is 95.5 Å². The Morgan fingerprint density at radius 1 is 0.833 bits per heavy atom. The Bertz CT molecular complexity index is 1880. The number of fused-ring (bicyclic) bond motifs is 1. The van der Waals surface area contributed by atoms with Crippen molar-refractivity contribution in [3.05, 3.63) is 54.7 Å². The number of halogens is 1. The number of benzene rings is 2. The average Bonchev–Trinajstić information content (AvgIpc) is 3.03. The van der Waals surface area contributed by atoms with E-state index in [-0.39, 0.29) is 40.9 Å². The number of hydrogen-bond donors (Lipinski definition) is 3. The number of ether oxygens (including phenoxy) is 3. The van der Waals surface area contributed by atoms with Gasteiger partial charge in [0.2, 0.25) is 11.8 Å². The summed E-state index contributed by atoms with van der Waals surface area (Å²) in [7, 11) is 0. The molecule has 290 valence electrons. The summed E-state index contributed by atoms with van der Waals surface area (Å²) >= 11 is 6.01. The van der Waals surface area contributed by atoms with Gasteiger partial charge in [-0.15, -0.1) is 11.6 Å². The highest BCUT2D eigenvalue weighted by molar-refractivity contribution is 6.18. The van der Waals surface area contributed by atoms with Crippen LogP contribution in [0.3, 0.4) is 0 Å². The Morgan fingerprint density at radius 3 is 1.91 bits per heavy atom. The maximum absolute atomic E-state index is 14.0. The van der Waals surface area contributed by atoms with Crippen LogP contribution in [-0.2, 0) is 38.2 Å². The number of carboxylic acids is 1. The van der Waals surface area contributed by atoms with Gasteiger partial charge in [-0.1, -0.05) is 0 Å². The third-order valence-electron chi connectivity index (χ3n) is 7.08. The number of nitrogens with one attached hydrogen (secondary N) is 2. The lowest BCUT2D eigenvalue weighted by Gasteiger charge is -2.30. The third-order valence-corrected chi connectivity index (χ3v) is 7.25. The molecule has 54 heavy (non-hydrogen) atoms. The first-order chi connectivity index (χ1) is 25.1. The minimum absolute atomic E-state index is 0.0728. The van der Waals surface area contributed by atoms with Gasteiger partial charge < -0.3 is 34.9 Å². The van der Waals surface area contributed by atoms with Crippen molar-refractivity contribution in [2.75, 3.05) is 32.9 Å². The molecular weight excluding hydrogens is 726 g/mol. The van der Waals surface area contributed by atoms with Crippen molar-refractivity contribution in [1.82, 2.24) is 4.98 Å². The molecule has 16 nitrogen and oxygen atoms in total. The number of aliphatic carboxylic acids is 1. The molecule has 0 spiro atoms. The lowest BCUT2D eigenvalue weighted by atomic mass is 9.95. The van der Waals surface area contributed by atoms with Gasteiger partial charge in [0.1, 0.15) is 11.2 Å². The highest BCUT2D eigenvalue weighted by atomic mass is 35.5. The summed E-state index contributed by atoms with van der Waals surface area (Å²) < 4.78 is 16.3. The summed E-state index contributed by atoms with van der Waals surface area (Å²) in [5.74, 6) is -6.52. The van der Waals surface area contributed by atoms with E-state index >= 15 is 0 Å². The van der Waals surface area contributed by atoms with Gasteiger partial charge in [0.15, 0.2) is 11.9 Å². The van der Waals surface area contributed by atoms with Crippen LogP contribution in [0.1, 0.15) is 61.8 Å². The monoisotopic (exact) mass is 769 g/mol. The van der Waals surface area contributed by atoms with Crippen LogP contribution in [-0.4, -0.2) is 81.7 Å². The molecule has 0 saturated carbocycles. The molecular formula is C37H44ClN5O11. The Balaban J connectivity index is 2.03. The van der Waals surface area contributed by atoms with Crippen molar-refractivity contribution in [2.45, 2.75) is 79.1 Å². The highest BCUT2D eigenvalue weighted by Gasteiger charge is 2.41. The third kappa shape index (κ3) is 12.1. The Morgan fingerprint density at radius 2 is 1.41 bits per heavy atom. The van der Waals surface area contributed by atoms with Crippen LogP contribution >= 0.6 is 11.6 Å². The zero-order valence-electron chi connectivity index (χ0n) is 31.2. The number of hydrogen-bond acceptors (Lipinski definition) is 11. The number of rotatable bonds is 12. The molecule has 1 aromatic heterocycles. The van der Waals surface area contributed by atoms with Crippen LogP contribution < -0.4 is 20.4 Å². The van der Waals surface area contributed by atoms with Crippen LogP contribution in [0.25, 0.3) is 10.8 Å². The average molecular weight is 770 g/mol. The van der Waals surface area contributed by atoms with Crippen LogP contribution in [0.4, 0.5) is 32.5 Å². The topological polar surface area (TPSA) is 211 Å². The molecule has 3 aromatic rings. The second-order valence-corrected chi connectivity index (χ2v) is 14.4. The van der Waals surface area contributed by atoms with Crippen molar-refractivity contribution in [3.8, 4) is 0 Å². The van der Waals surface area contributed by atoms with Gasteiger partial charge in [-0.25, -0.2) is 14.6 Å². The van der Waals surface area contributed by atoms with E-state index in [9.17, 15) is 38.7 Å². The number of amides is 5. The molecule has 0 aliphatic carbocycles. The normalized spacial score (nSPS) is 12.5.